The van der Waals surface area contributed by atoms with E-state index in [0.29, 0.717) is 17.8 Å². The fourth-order valence-corrected chi connectivity index (χ4v) is 3.89. The predicted molar refractivity (Wildman–Crippen MR) is 112 cm³/mol. The molecule has 0 saturated carbocycles. The highest BCUT2D eigenvalue weighted by Crippen LogP contribution is 2.21. The summed E-state index contributed by atoms with van der Waals surface area (Å²) in [5.74, 6) is 0.354. The van der Waals surface area contributed by atoms with Gasteiger partial charge in [0.05, 0.1) is 22.6 Å². The van der Waals surface area contributed by atoms with Crippen LogP contribution in [0.15, 0.2) is 47.4 Å². The van der Waals surface area contributed by atoms with Gasteiger partial charge in [-0.1, -0.05) is 6.07 Å². The number of nitrogens with zero attached hydrogens (tertiary/aromatic N) is 2. The molecule has 1 N–H and O–H groups in total. The molecule has 3 rings (SSSR count). The topological polar surface area (TPSA) is 46.9 Å². The summed E-state index contributed by atoms with van der Waals surface area (Å²) in [7, 11) is 0. The first kappa shape index (κ1) is 20.1. The van der Waals surface area contributed by atoms with E-state index in [9.17, 15) is 9.18 Å². The van der Waals surface area contributed by atoms with Crippen LogP contribution in [0.3, 0.4) is 0 Å². The average molecular weight is 398 g/mol. The Balaban J connectivity index is 1.62. The first-order valence-corrected chi connectivity index (χ1v) is 10.2. The van der Waals surface area contributed by atoms with Gasteiger partial charge in [-0.05, 0) is 75.2 Å². The van der Waals surface area contributed by atoms with E-state index in [1.807, 2.05) is 13.8 Å². The van der Waals surface area contributed by atoms with Crippen LogP contribution in [-0.2, 0) is 0 Å². The molecule has 0 radical (unpaired) electrons. The minimum atomic E-state index is -0.301. The van der Waals surface area contributed by atoms with Gasteiger partial charge in [0.1, 0.15) is 5.82 Å². The number of hydrogen-bond donors (Lipinski definition) is 1. The highest BCUT2D eigenvalue weighted by molar-refractivity contribution is 7.99. The van der Waals surface area contributed by atoms with Crippen molar-refractivity contribution in [1.29, 1.82) is 0 Å². The number of aromatic nitrogens is 2. The van der Waals surface area contributed by atoms with E-state index in [2.05, 4.69) is 42.5 Å². The number of amides is 1. The molecule has 6 heteroatoms. The maximum absolute atomic E-state index is 13.2. The largest absolute Gasteiger partial charge is 0.351 e. The van der Waals surface area contributed by atoms with Crippen LogP contribution in [-0.4, -0.2) is 28.0 Å². The van der Waals surface area contributed by atoms with Gasteiger partial charge in [0.25, 0.3) is 5.91 Å². The van der Waals surface area contributed by atoms with Gasteiger partial charge in [0, 0.05) is 17.2 Å². The first-order chi connectivity index (χ1) is 13.4. The minimum Gasteiger partial charge on any atom is -0.351 e. The van der Waals surface area contributed by atoms with Crippen LogP contribution in [0, 0.1) is 33.5 Å². The quantitative estimate of drug-likeness (QED) is 0.482. The fraction of sp³-hybridized carbons (Fsp3) is 0.273. The molecule has 0 atom stereocenters. The number of benzene rings is 2. The summed E-state index contributed by atoms with van der Waals surface area (Å²) in [6.07, 6.45) is 0. The number of nitrogens with one attached hydrogen (secondary N) is 1. The van der Waals surface area contributed by atoms with Gasteiger partial charge in [-0.15, -0.1) is 11.8 Å². The van der Waals surface area contributed by atoms with Crippen molar-refractivity contribution in [2.24, 2.45) is 0 Å². The molecular weight excluding hydrogens is 373 g/mol. The highest BCUT2D eigenvalue weighted by atomic mass is 32.2. The molecule has 0 spiro atoms. The van der Waals surface area contributed by atoms with Gasteiger partial charge in [0.15, 0.2) is 0 Å². The Labute approximate surface area is 169 Å². The fourth-order valence-electron chi connectivity index (χ4n) is 3.03. The van der Waals surface area contributed by atoms with E-state index in [1.54, 1.807) is 28.6 Å². The van der Waals surface area contributed by atoms with Crippen molar-refractivity contribution in [3.63, 3.8) is 0 Å². The van der Waals surface area contributed by atoms with Crippen molar-refractivity contribution in [1.82, 2.24) is 15.1 Å². The molecule has 28 heavy (non-hydrogen) atoms. The summed E-state index contributed by atoms with van der Waals surface area (Å²) in [5.41, 5.74) is 5.24. The highest BCUT2D eigenvalue weighted by Gasteiger charge is 2.19. The summed E-state index contributed by atoms with van der Waals surface area (Å²) in [6, 6.07) is 12.5. The number of aryl methyl sites for hydroxylation is 3. The zero-order valence-electron chi connectivity index (χ0n) is 16.5. The van der Waals surface area contributed by atoms with Gasteiger partial charge in [-0.3, -0.25) is 4.79 Å². The van der Waals surface area contributed by atoms with E-state index in [0.717, 1.165) is 17.1 Å². The Morgan fingerprint density at radius 3 is 2.46 bits per heavy atom. The number of hydrogen-bond acceptors (Lipinski definition) is 3. The second-order valence-electron chi connectivity index (χ2n) is 6.78. The Hall–Kier alpha value is -2.60. The van der Waals surface area contributed by atoms with Gasteiger partial charge in [-0.2, -0.15) is 5.10 Å². The maximum Gasteiger partial charge on any atom is 0.255 e. The summed E-state index contributed by atoms with van der Waals surface area (Å²) < 4.78 is 14.8. The molecule has 1 amide bonds. The molecule has 0 fully saturated rings. The third-order valence-corrected chi connectivity index (χ3v) is 5.72. The standard InChI is InChI=1S/C22H24FN3OS/c1-14-5-10-20(13-15(14)2)28-12-11-24-22(27)21-16(3)25-26(17(21)4)19-8-6-18(23)7-9-19/h5-10,13H,11-12H2,1-4H3,(H,24,27). The lowest BCUT2D eigenvalue weighted by atomic mass is 10.1. The number of carbonyl (C=O) groups excluding carboxylic acids is 1. The molecule has 0 aliphatic carbocycles. The molecule has 4 nitrogen and oxygen atoms in total. The average Bonchev–Trinajstić information content (AvgIpc) is 2.96. The van der Waals surface area contributed by atoms with E-state index < -0.39 is 0 Å². The number of halogens is 1. The van der Waals surface area contributed by atoms with Crippen LogP contribution in [0.1, 0.15) is 32.9 Å². The van der Waals surface area contributed by atoms with Crippen LogP contribution < -0.4 is 5.32 Å². The zero-order valence-corrected chi connectivity index (χ0v) is 17.4. The second-order valence-corrected chi connectivity index (χ2v) is 7.95. The molecular formula is C22H24FN3OS. The molecule has 0 aliphatic rings. The SMILES string of the molecule is Cc1ccc(SCCNC(=O)c2c(C)nn(-c3ccc(F)cc3)c2C)cc1C. The third-order valence-electron chi connectivity index (χ3n) is 4.72. The molecule has 3 aromatic rings. The number of carbonyl (C=O) groups is 1. The Morgan fingerprint density at radius 1 is 1.07 bits per heavy atom. The van der Waals surface area contributed by atoms with Crippen LogP contribution in [0.2, 0.25) is 0 Å². The molecule has 146 valence electrons. The second kappa shape index (κ2) is 8.61. The molecule has 1 heterocycles. The van der Waals surface area contributed by atoms with E-state index in [4.69, 9.17) is 0 Å². The van der Waals surface area contributed by atoms with Gasteiger partial charge in [0.2, 0.25) is 0 Å². The van der Waals surface area contributed by atoms with Crippen LogP contribution in [0.4, 0.5) is 4.39 Å². The number of rotatable bonds is 6. The summed E-state index contributed by atoms with van der Waals surface area (Å²) >= 11 is 1.72. The lowest BCUT2D eigenvalue weighted by Gasteiger charge is -2.08. The van der Waals surface area contributed by atoms with Crippen molar-refractivity contribution in [2.75, 3.05) is 12.3 Å². The van der Waals surface area contributed by atoms with Crippen molar-refractivity contribution in [3.05, 3.63) is 76.4 Å². The van der Waals surface area contributed by atoms with Crippen molar-refractivity contribution in [3.8, 4) is 5.69 Å². The monoisotopic (exact) mass is 397 g/mol. The van der Waals surface area contributed by atoms with E-state index in [1.165, 1.54) is 28.2 Å². The van der Waals surface area contributed by atoms with Crippen LogP contribution in [0.25, 0.3) is 5.69 Å². The first-order valence-electron chi connectivity index (χ1n) is 9.17. The third kappa shape index (κ3) is 4.44. The lowest BCUT2D eigenvalue weighted by Crippen LogP contribution is -2.26. The van der Waals surface area contributed by atoms with E-state index in [-0.39, 0.29) is 11.7 Å². The number of thioether (sulfide) groups is 1. The zero-order chi connectivity index (χ0) is 20.3. The summed E-state index contributed by atoms with van der Waals surface area (Å²) in [6.45, 7) is 8.43. The molecule has 1 aromatic heterocycles. The molecule has 2 aromatic carbocycles. The van der Waals surface area contributed by atoms with Crippen molar-refractivity contribution < 1.29 is 9.18 Å². The Bertz CT molecular complexity index is 996. The molecule has 0 bridgehead atoms. The van der Waals surface area contributed by atoms with Crippen molar-refractivity contribution in [2.45, 2.75) is 32.6 Å². The molecule has 0 aliphatic heterocycles. The lowest BCUT2D eigenvalue weighted by molar-refractivity contribution is 0.0955. The van der Waals surface area contributed by atoms with Gasteiger partial charge < -0.3 is 5.32 Å². The Morgan fingerprint density at radius 2 is 1.79 bits per heavy atom. The van der Waals surface area contributed by atoms with Crippen molar-refractivity contribution >= 4 is 17.7 Å². The predicted octanol–water partition coefficient (Wildman–Crippen LogP) is 4.77. The Kier molecular flexibility index (Phi) is 6.19. The van der Waals surface area contributed by atoms with Crippen LogP contribution >= 0.6 is 11.8 Å². The maximum atomic E-state index is 13.2. The normalized spacial score (nSPS) is 10.9. The summed E-state index contributed by atoms with van der Waals surface area (Å²) in [5, 5.41) is 7.43. The van der Waals surface area contributed by atoms with Gasteiger partial charge in [-0.25, -0.2) is 9.07 Å². The smallest absolute Gasteiger partial charge is 0.255 e. The molecule has 0 unspecified atom stereocenters. The van der Waals surface area contributed by atoms with Crippen LogP contribution in [0.5, 0.6) is 0 Å². The minimum absolute atomic E-state index is 0.135. The summed E-state index contributed by atoms with van der Waals surface area (Å²) in [4.78, 5) is 13.9. The van der Waals surface area contributed by atoms with E-state index >= 15 is 0 Å². The molecule has 0 saturated heterocycles. The van der Waals surface area contributed by atoms with Gasteiger partial charge >= 0.3 is 0 Å².